The lowest BCUT2D eigenvalue weighted by Crippen LogP contribution is -2.33. The Kier molecular flexibility index (Phi) is 0.762. The minimum atomic E-state index is -0.309. The van der Waals surface area contributed by atoms with Crippen LogP contribution in [0.2, 0.25) is 0 Å². The largest absolute Gasteiger partial charge is 0.342 e. The van der Waals surface area contributed by atoms with E-state index in [4.69, 9.17) is 4.74 Å². The summed E-state index contributed by atoms with van der Waals surface area (Å²) in [4.78, 5) is 10.5. The number of epoxide rings is 1. The number of hydrazone groups is 1. The molecule has 1 fully saturated rings. The number of rotatable bonds is 0. The highest BCUT2D eigenvalue weighted by atomic mass is 16.6. The summed E-state index contributed by atoms with van der Waals surface area (Å²) in [7, 11) is 0. The van der Waals surface area contributed by atoms with Gasteiger partial charge >= 0.3 is 6.03 Å². The van der Waals surface area contributed by atoms with Crippen LogP contribution in [0.1, 0.15) is 0 Å². The summed E-state index contributed by atoms with van der Waals surface area (Å²) in [5.41, 5.74) is 2.24. The molecule has 9 heavy (non-hydrogen) atoms. The Morgan fingerprint density at radius 1 is 1.78 bits per heavy atom. The van der Waals surface area contributed by atoms with E-state index in [-0.39, 0.29) is 18.4 Å². The zero-order valence-corrected chi connectivity index (χ0v) is 4.50. The van der Waals surface area contributed by atoms with E-state index < -0.39 is 0 Å². The monoisotopic (exact) mass is 127 g/mol. The van der Waals surface area contributed by atoms with Crippen LogP contribution in [0, 0.1) is 0 Å². The van der Waals surface area contributed by atoms with E-state index in [9.17, 15) is 4.79 Å². The molecule has 2 aliphatic rings. The molecule has 1 saturated heterocycles. The summed E-state index contributed by atoms with van der Waals surface area (Å²) in [6, 6.07) is -0.309. The molecular formula is C4H5N3O2. The molecule has 5 nitrogen and oxygen atoms in total. The highest BCUT2D eigenvalue weighted by molar-refractivity contribution is 5.80. The summed E-state index contributed by atoms with van der Waals surface area (Å²) >= 11 is 0. The van der Waals surface area contributed by atoms with Crippen molar-refractivity contribution in [1.29, 1.82) is 0 Å². The number of carbonyl (C=O) groups excluding carboxylic acids is 1. The number of amides is 2. The number of urea groups is 1. The summed E-state index contributed by atoms with van der Waals surface area (Å²) in [6.45, 7) is 0. The van der Waals surface area contributed by atoms with Gasteiger partial charge in [0.2, 0.25) is 0 Å². The molecule has 2 rings (SSSR count). The summed E-state index contributed by atoms with van der Waals surface area (Å²) in [5, 5.41) is 6.08. The molecule has 2 unspecified atom stereocenters. The van der Waals surface area contributed by atoms with Crippen LogP contribution in [-0.2, 0) is 4.74 Å². The van der Waals surface area contributed by atoms with Crippen LogP contribution in [0.15, 0.2) is 5.10 Å². The number of hydrogen-bond acceptors (Lipinski definition) is 3. The molecule has 0 radical (unpaired) electrons. The Morgan fingerprint density at radius 3 is 3.56 bits per heavy atom. The molecule has 0 aromatic rings. The van der Waals surface area contributed by atoms with Gasteiger partial charge in [0.05, 0.1) is 6.21 Å². The van der Waals surface area contributed by atoms with Crippen molar-refractivity contribution in [3.63, 3.8) is 0 Å². The second kappa shape index (κ2) is 1.44. The van der Waals surface area contributed by atoms with Crippen molar-refractivity contribution in [3.05, 3.63) is 0 Å². The number of ether oxygens (including phenoxy) is 1. The number of nitrogens with zero attached hydrogens (tertiary/aromatic N) is 1. The zero-order chi connectivity index (χ0) is 6.27. The number of hydrogen-bond donors (Lipinski definition) is 2. The maximum absolute atomic E-state index is 10.5. The molecule has 0 spiro atoms. The van der Waals surface area contributed by atoms with Crippen LogP contribution in [0.4, 0.5) is 4.79 Å². The first-order chi connectivity index (χ1) is 4.36. The molecule has 2 atom stereocenters. The van der Waals surface area contributed by atoms with E-state index in [1.165, 1.54) is 0 Å². The molecule has 2 amide bonds. The minimum Gasteiger partial charge on any atom is -0.342 e. The lowest BCUT2D eigenvalue weighted by molar-refractivity contribution is 0.234. The molecule has 0 aliphatic carbocycles. The molecule has 2 heterocycles. The van der Waals surface area contributed by atoms with Crippen molar-refractivity contribution in [3.8, 4) is 0 Å². The van der Waals surface area contributed by atoms with Gasteiger partial charge in [-0.2, -0.15) is 5.10 Å². The van der Waals surface area contributed by atoms with E-state index in [2.05, 4.69) is 15.8 Å². The van der Waals surface area contributed by atoms with Crippen LogP contribution < -0.4 is 10.7 Å². The molecular weight excluding hydrogens is 122 g/mol. The molecule has 5 heteroatoms. The van der Waals surface area contributed by atoms with Crippen molar-refractivity contribution in [1.82, 2.24) is 10.7 Å². The first-order valence-electron chi connectivity index (χ1n) is 2.61. The molecule has 48 valence electrons. The third-order valence-corrected chi connectivity index (χ3v) is 1.19. The summed E-state index contributed by atoms with van der Waals surface area (Å²) in [5.74, 6) is 0. The third-order valence-electron chi connectivity index (χ3n) is 1.19. The average Bonchev–Trinajstić information content (AvgIpc) is 2.43. The fraction of sp³-hybridized carbons (Fsp3) is 0.500. The van der Waals surface area contributed by atoms with E-state index in [0.29, 0.717) is 0 Å². The Morgan fingerprint density at radius 2 is 2.67 bits per heavy atom. The van der Waals surface area contributed by atoms with Gasteiger partial charge < -0.3 is 10.1 Å². The van der Waals surface area contributed by atoms with Crippen LogP contribution in [0.5, 0.6) is 0 Å². The van der Waals surface area contributed by atoms with E-state index in [1.807, 2.05) is 0 Å². The summed E-state index contributed by atoms with van der Waals surface area (Å²) in [6.07, 6.45) is 1.41. The van der Waals surface area contributed by atoms with Gasteiger partial charge in [0.25, 0.3) is 0 Å². The summed E-state index contributed by atoms with van der Waals surface area (Å²) < 4.78 is 4.91. The smallest absolute Gasteiger partial charge is 0.337 e. The van der Waals surface area contributed by atoms with Crippen LogP contribution >= 0.6 is 0 Å². The second-order valence-electron chi connectivity index (χ2n) is 1.88. The number of nitrogens with one attached hydrogen (secondary N) is 2. The fourth-order valence-electron chi connectivity index (χ4n) is 0.684. The quantitative estimate of drug-likeness (QED) is 0.410. The van der Waals surface area contributed by atoms with Crippen molar-refractivity contribution < 1.29 is 9.53 Å². The van der Waals surface area contributed by atoms with E-state index in [1.54, 1.807) is 6.21 Å². The van der Waals surface area contributed by atoms with Gasteiger partial charge in [0.1, 0.15) is 6.10 Å². The maximum Gasteiger partial charge on any atom is 0.337 e. The molecule has 0 saturated carbocycles. The van der Waals surface area contributed by atoms with Crippen molar-refractivity contribution in [2.75, 3.05) is 0 Å². The van der Waals surface area contributed by atoms with Crippen LogP contribution in [0.25, 0.3) is 0 Å². The Bertz CT molecular complexity index is 179. The van der Waals surface area contributed by atoms with Crippen LogP contribution in [-0.4, -0.2) is 24.6 Å². The van der Waals surface area contributed by atoms with Gasteiger partial charge in [-0.15, -0.1) is 0 Å². The van der Waals surface area contributed by atoms with Gasteiger partial charge in [0.15, 0.2) is 6.23 Å². The Labute approximate surface area is 51.1 Å². The normalized spacial score (nSPS) is 38.0. The zero-order valence-electron chi connectivity index (χ0n) is 4.50. The molecule has 0 bridgehead atoms. The lowest BCUT2D eigenvalue weighted by atomic mass is 10.5. The molecule has 2 aliphatic heterocycles. The van der Waals surface area contributed by atoms with Gasteiger partial charge in [-0.1, -0.05) is 0 Å². The van der Waals surface area contributed by atoms with E-state index >= 15 is 0 Å². The molecule has 0 aromatic heterocycles. The van der Waals surface area contributed by atoms with Crippen molar-refractivity contribution >= 4 is 12.2 Å². The van der Waals surface area contributed by atoms with Crippen molar-refractivity contribution in [2.45, 2.75) is 12.3 Å². The predicted octanol–water partition coefficient (Wildman–Crippen LogP) is -0.990. The third kappa shape index (κ3) is 0.746. The van der Waals surface area contributed by atoms with Gasteiger partial charge in [-0.25, -0.2) is 10.2 Å². The SMILES string of the molecule is O=C1NN=CC2OC2N1. The Balaban J connectivity index is 2.11. The molecule has 0 aromatic carbocycles. The predicted molar refractivity (Wildman–Crippen MR) is 28.8 cm³/mol. The second-order valence-corrected chi connectivity index (χ2v) is 1.88. The number of carbonyl (C=O) groups is 1. The van der Waals surface area contributed by atoms with Gasteiger partial charge in [0, 0.05) is 0 Å². The van der Waals surface area contributed by atoms with Crippen LogP contribution in [0.3, 0.4) is 0 Å². The first-order valence-corrected chi connectivity index (χ1v) is 2.61. The van der Waals surface area contributed by atoms with E-state index in [0.717, 1.165) is 0 Å². The lowest BCUT2D eigenvalue weighted by Gasteiger charge is -1.94. The van der Waals surface area contributed by atoms with Gasteiger partial charge in [-0.05, 0) is 0 Å². The standard InChI is InChI=1S/C4H5N3O2/c8-4-6-3-2(9-3)1-5-7-4/h1-3H,(H2,6,7,8). The van der Waals surface area contributed by atoms with Gasteiger partial charge in [-0.3, -0.25) is 0 Å². The molecule has 2 N–H and O–H groups in total. The van der Waals surface area contributed by atoms with Crippen molar-refractivity contribution in [2.24, 2.45) is 5.10 Å². The average molecular weight is 127 g/mol. The Hall–Kier alpha value is -1.10. The topological polar surface area (TPSA) is 66.0 Å². The fourth-order valence-corrected chi connectivity index (χ4v) is 0.684. The minimum absolute atomic E-state index is 0.0102. The number of fused-ring (bicyclic) bond motifs is 1. The highest BCUT2D eigenvalue weighted by Gasteiger charge is 2.40. The maximum atomic E-state index is 10.5. The highest BCUT2D eigenvalue weighted by Crippen LogP contribution is 2.17. The first kappa shape index (κ1) is 4.75.